The van der Waals surface area contributed by atoms with E-state index in [1.165, 1.54) is 43.9 Å². The average Bonchev–Trinajstić information content (AvgIpc) is 2.56. The second kappa shape index (κ2) is 9.67. The second-order valence-corrected chi connectivity index (χ2v) is 5.84. The van der Waals surface area contributed by atoms with Gasteiger partial charge in [0.2, 0.25) is 5.91 Å². The number of hydrogen-bond acceptors (Lipinski definition) is 2. The van der Waals surface area contributed by atoms with Crippen LogP contribution in [0.1, 0.15) is 38.2 Å². The van der Waals surface area contributed by atoms with Crippen molar-refractivity contribution in [2.75, 3.05) is 17.2 Å². The highest BCUT2D eigenvalue weighted by molar-refractivity contribution is 5.88. The number of hydrogen-bond donors (Lipinski definition) is 2. The number of nitrogens with one attached hydrogen (secondary N) is 2. The predicted molar refractivity (Wildman–Crippen MR) is 97.8 cm³/mol. The van der Waals surface area contributed by atoms with Gasteiger partial charge in [-0.15, -0.1) is 0 Å². The minimum Gasteiger partial charge on any atom is -0.385 e. The van der Waals surface area contributed by atoms with Crippen LogP contribution in [0.5, 0.6) is 0 Å². The van der Waals surface area contributed by atoms with Gasteiger partial charge in [-0.05, 0) is 49.1 Å². The van der Waals surface area contributed by atoms with Crippen molar-refractivity contribution in [1.29, 1.82) is 0 Å². The quantitative estimate of drug-likeness (QED) is 0.649. The molecule has 0 radical (unpaired) electrons. The van der Waals surface area contributed by atoms with Crippen molar-refractivity contribution < 1.29 is 4.79 Å². The summed E-state index contributed by atoms with van der Waals surface area (Å²) >= 11 is 0. The van der Waals surface area contributed by atoms with E-state index >= 15 is 0 Å². The Morgan fingerprint density at radius 2 is 1.52 bits per heavy atom. The third-order valence-corrected chi connectivity index (χ3v) is 3.77. The number of rotatable bonds is 9. The molecule has 1 amide bonds. The first-order valence-electron chi connectivity index (χ1n) is 8.39. The number of unbranched alkanes of at least 4 members (excludes halogenated alkanes) is 3. The molecule has 3 heteroatoms. The molecule has 0 atom stereocenters. The normalized spacial score (nSPS) is 10.3. The van der Waals surface area contributed by atoms with Crippen molar-refractivity contribution >= 4 is 17.3 Å². The molecule has 23 heavy (non-hydrogen) atoms. The van der Waals surface area contributed by atoms with E-state index in [0.717, 1.165) is 18.7 Å². The summed E-state index contributed by atoms with van der Waals surface area (Å²) in [6.45, 7) is 2.57. The maximum absolute atomic E-state index is 11.0. The summed E-state index contributed by atoms with van der Waals surface area (Å²) in [6, 6.07) is 18.5. The highest BCUT2D eigenvalue weighted by Crippen LogP contribution is 2.13. The second-order valence-electron chi connectivity index (χ2n) is 5.84. The fraction of sp³-hybridized carbons (Fsp3) is 0.350. The van der Waals surface area contributed by atoms with E-state index < -0.39 is 0 Å². The average molecular weight is 310 g/mol. The third-order valence-electron chi connectivity index (χ3n) is 3.77. The van der Waals surface area contributed by atoms with E-state index in [1.807, 2.05) is 18.2 Å². The summed E-state index contributed by atoms with van der Waals surface area (Å²) in [4.78, 5) is 11.0. The lowest BCUT2D eigenvalue weighted by molar-refractivity contribution is -0.114. The van der Waals surface area contributed by atoms with Crippen molar-refractivity contribution in [2.24, 2.45) is 0 Å². The van der Waals surface area contributed by atoms with Gasteiger partial charge in [0.05, 0.1) is 0 Å². The molecular weight excluding hydrogens is 284 g/mol. The standard InChI is InChI=1S/C20H26N2O/c1-17(23)22-20-14-12-18(13-15-20)9-5-2-3-8-16-21-19-10-6-4-7-11-19/h4,6-7,10-15,21H,2-3,5,8-9,16H2,1H3,(H,22,23). The molecule has 2 N–H and O–H groups in total. The van der Waals surface area contributed by atoms with Crippen LogP contribution in [0.4, 0.5) is 11.4 Å². The Bertz CT molecular complexity index is 578. The lowest BCUT2D eigenvalue weighted by Gasteiger charge is -2.07. The number of carbonyl (C=O) groups excluding carboxylic acids is 1. The lowest BCUT2D eigenvalue weighted by Crippen LogP contribution is -2.05. The zero-order chi connectivity index (χ0) is 16.3. The molecule has 2 rings (SSSR count). The van der Waals surface area contributed by atoms with E-state index in [0.29, 0.717) is 0 Å². The molecule has 0 bridgehead atoms. The molecule has 0 saturated carbocycles. The zero-order valence-electron chi connectivity index (χ0n) is 13.8. The Hall–Kier alpha value is -2.29. The van der Waals surface area contributed by atoms with Gasteiger partial charge in [0.25, 0.3) is 0 Å². The van der Waals surface area contributed by atoms with E-state index in [-0.39, 0.29) is 5.91 Å². The number of carbonyl (C=O) groups is 1. The SMILES string of the molecule is CC(=O)Nc1ccc(CCCCCCNc2ccccc2)cc1. The Balaban J connectivity index is 1.54. The Morgan fingerprint density at radius 3 is 2.22 bits per heavy atom. The molecule has 0 heterocycles. The first-order valence-corrected chi connectivity index (χ1v) is 8.39. The molecule has 0 saturated heterocycles. The van der Waals surface area contributed by atoms with Crippen LogP contribution in [0.25, 0.3) is 0 Å². The molecule has 0 unspecified atom stereocenters. The number of aryl methyl sites for hydroxylation is 1. The first kappa shape index (κ1) is 17.1. The van der Waals surface area contributed by atoms with Crippen LogP contribution >= 0.6 is 0 Å². The van der Waals surface area contributed by atoms with Gasteiger partial charge in [-0.1, -0.05) is 43.2 Å². The molecule has 0 aliphatic carbocycles. The van der Waals surface area contributed by atoms with Crippen molar-refractivity contribution in [3.05, 3.63) is 60.2 Å². The van der Waals surface area contributed by atoms with Gasteiger partial charge >= 0.3 is 0 Å². The van der Waals surface area contributed by atoms with Crippen LogP contribution in [-0.4, -0.2) is 12.5 Å². The third kappa shape index (κ3) is 7.00. The van der Waals surface area contributed by atoms with Gasteiger partial charge in [-0.2, -0.15) is 0 Å². The molecule has 0 aromatic heterocycles. The van der Waals surface area contributed by atoms with E-state index in [4.69, 9.17) is 0 Å². The van der Waals surface area contributed by atoms with Crippen molar-refractivity contribution in [3.63, 3.8) is 0 Å². The lowest BCUT2D eigenvalue weighted by atomic mass is 10.1. The zero-order valence-corrected chi connectivity index (χ0v) is 13.8. The minimum atomic E-state index is -0.0261. The van der Waals surface area contributed by atoms with Gasteiger partial charge in [0.15, 0.2) is 0 Å². The highest BCUT2D eigenvalue weighted by atomic mass is 16.1. The van der Waals surface area contributed by atoms with Gasteiger partial charge in [0.1, 0.15) is 0 Å². The number of para-hydroxylation sites is 1. The van der Waals surface area contributed by atoms with Crippen LogP contribution in [0.2, 0.25) is 0 Å². The maximum Gasteiger partial charge on any atom is 0.221 e. The maximum atomic E-state index is 11.0. The van der Waals surface area contributed by atoms with Gasteiger partial charge in [-0.3, -0.25) is 4.79 Å². The van der Waals surface area contributed by atoms with Crippen LogP contribution in [0, 0.1) is 0 Å². The minimum absolute atomic E-state index is 0.0261. The fourth-order valence-electron chi connectivity index (χ4n) is 2.55. The number of benzene rings is 2. The first-order chi connectivity index (χ1) is 11.2. The van der Waals surface area contributed by atoms with Crippen LogP contribution < -0.4 is 10.6 Å². The molecule has 122 valence electrons. The van der Waals surface area contributed by atoms with Gasteiger partial charge < -0.3 is 10.6 Å². The molecule has 0 aliphatic rings. The van der Waals surface area contributed by atoms with Crippen LogP contribution in [0.3, 0.4) is 0 Å². The van der Waals surface area contributed by atoms with Gasteiger partial charge in [-0.25, -0.2) is 0 Å². The number of amides is 1. The van der Waals surface area contributed by atoms with Crippen LogP contribution in [0.15, 0.2) is 54.6 Å². The summed E-state index contributed by atoms with van der Waals surface area (Å²) in [5, 5.41) is 6.23. The van der Waals surface area contributed by atoms with Crippen molar-refractivity contribution in [3.8, 4) is 0 Å². The molecule has 0 aliphatic heterocycles. The highest BCUT2D eigenvalue weighted by Gasteiger charge is 1.97. The summed E-state index contributed by atoms with van der Waals surface area (Å²) < 4.78 is 0. The van der Waals surface area contributed by atoms with Gasteiger partial charge in [0, 0.05) is 24.8 Å². The Labute approximate surface area is 139 Å². The van der Waals surface area contributed by atoms with E-state index in [9.17, 15) is 4.79 Å². The Morgan fingerprint density at radius 1 is 0.826 bits per heavy atom. The predicted octanol–water partition coefficient (Wildman–Crippen LogP) is 4.86. The summed E-state index contributed by atoms with van der Waals surface area (Å²) in [5.41, 5.74) is 3.40. The summed E-state index contributed by atoms with van der Waals surface area (Å²) in [6.07, 6.45) is 6.03. The molecular formula is C20H26N2O. The molecule has 0 fully saturated rings. The fourth-order valence-corrected chi connectivity index (χ4v) is 2.55. The molecule has 2 aromatic rings. The largest absolute Gasteiger partial charge is 0.385 e. The summed E-state index contributed by atoms with van der Waals surface area (Å²) in [7, 11) is 0. The smallest absolute Gasteiger partial charge is 0.221 e. The van der Waals surface area contributed by atoms with E-state index in [1.54, 1.807) is 0 Å². The monoisotopic (exact) mass is 310 g/mol. The summed E-state index contributed by atoms with van der Waals surface area (Å²) in [5.74, 6) is -0.0261. The Kier molecular flexibility index (Phi) is 7.18. The molecule has 2 aromatic carbocycles. The molecule has 0 spiro atoms. The molecule has 3 nitrogen and oxygen atoms in total. The van der Waals surface area contributed by atoms with Crippen LogP contribution in [-0.2, 0) is 11.2 Å². The topological polar surface area (TPSA) is 41.1 Å². The van der Waals surface area contributed by atoms with Crippen molar-refractivity contribution in [1.82, 2.24) is 0 Å². The number of anilines is 2. The van der Waals surface area contributed by atoms with Crippen molar-refractivity contribution in [2.45, 2.75) is 39.0 Å². The van der Waals surface area contributed by atoms with E-state index in [2.05, 4.69) is 47.0 Å².